The van der Waals surface area contributed by atoms with Gasteiger partial charge in [-0.3, -0.25) is 10.2 Å². The second-order valence-corrected chi connectivity index (χ2v) is 7.71. The normalized spacial score (nSPS) is 17.0. The SMILES string of the molecule is COCCNc1cc(NC(=O)N(C[C@@H]2CCOC2)c2cccc(C3OC=CO3)n2)ncc1C#N. The summed E-state index contributed by atoms with van der Waals surface area (Å²) in [5.74, 6) is 0.935. The van der Waals surface area contributed by atoms with Crippen molar-refractivity contribution in [2.75, 3.05) is 55.6 Å². The summed E-state index contributed by atoms with van der Waals surface area (Å²) >= 11 is 0. The van der Waals surface area contributed by atoms with E-state index in [0.29, 0.717) is 61.5 Å². The Labute approximate surface area is 197 Å². The van der Waals surface area contributed by atoms with Crippen LogP contribution in [0.25, 0.3) is 0 Å². The number of hydrogen-bond acceptors (Lipinski definition) is 9. The molecule has 0 aliphatic carbocycles. The number of anilines is 3. The van der Waals surface area contributed by atoms with Crippen LogP contribution in [0.2, 0.25) is 0 Å². The van der Waals surface area contributed by atoms with E-state index < -0.39 is 12.3 Å². The van der Waals surface area contributed by atoms with Crippen LogP contribution < -0.4 is 15.5 Å². The van der Waals surface area contributed by atoms with Crippen molar-refractivity contribution in [1.29, 1.82) is 5.26 Å². The number of ether oxygens (including phenoxy) is 4. The topological polar surface area (TPSA) is 131 Å². The fourth-order valence-electron chi connectivity index (χ4n) is 3.59. The first kappa shape index (κ1) is 23.3. The van der Waals surface area contributed by atoms with E-state index in [1.165, 1.54) is 18.7 Å². The van der Waals surface area contributed by atoms with Crippen molar-refractivity contribution in [3.8, 4) is 6.07 Å². The number of nitriles is 1. The van der Waals surface area contributed by atoms with Crippen LogP contribution in [-0.2, 0) is 18.9 Å². The number of pyridine rings is 2. The molecule has 0 unspecified atom stereocenters. The minimum absolute atomic E-state index is 0.178. The molecule has 1 fully saturated rings. The molecule has 0 radical (unpaired) electrons. The Morgan fingerprint density at radius 2 is 2.21 bits per heavy atom. The number of carbonyl (C=O) groups excluding carboxylic acids is 1. The number of nitrogens with zero attached hydrogens (tertiary/aromatic N) is 4. The molecule has 11 heteroatoms. The first-order chi connectivity index (χ1) is 16.7. The third-order valence-corrected chi connectivity index (χ3v) is 5.32. The van der Waals surface area contributed by atoms with E-state index in [0.717, 1.165) is 6.42 Å². The molecular formula is C23H26N6O5. The molecule has 1 atom stereocenters. The van der Waals surface area contributed by atoms with Gasteiger partial charge in [-0.1, -0.05) is 6.07 Å². The zero-order chi connectivity index (χ0) is 23.8. The third kappa shape index (κ3) is 5.72. The Morgan fingerprint density at radius 1 is 1.35 bits per heavy atom. The summed E-state index contributed by atoms with van der Waals surface area (Å²) < 4.78 is 21.3. The average molecular weight is 466 g/mol. The summed E-state index contributed by atoms with van der Waals surface area (Å²) in [5.41, 5.74) is 1.47. The minimum atomic E-state index is -0.652. The highest BCUT2D eigenvalue weighted by molar-refractivity contribution is 6.00. The molecule has 2 aromatic rings. The van der Waals surface area contributed by atoms with Gasteiger partial charge in [0.15, 0.2) is 0 Å². The quantitative estimate of drug-likeness (QED) is 0.535. The van der Waals surface area contributed by atoms with Gasteiger partial charge in [0.25, 0.3) is 6.29 Å². The highest BCUT2D eigenvalue weighted by atomic mass is 16.7. The van der Waals surface area contributed by atoms with E-state index in [2.05, 4.69) is 26.7 Å². The first-order valence-corrected chi connectivity index (χ1v) is 10.9. The molecule has 1 saturated heterocycles. The Morgan fingerprint density at radius 3 is 2.94 bits per heavy atom. The number of nitrogens with one attached hydrogen (secondary N) is 2. The average Bonchev–Trinajstić information content (AvgIpc) is 3.58. The van der Waals surface area contributed by atoms with Crippen LogP contribution in [0.1, 0.15) is 24.0 Å². The number of methoxy groups -OCH3 is 1. The van der Waals surface area contributed by atoms with Crippen LogP contribution in [0, 0.1) is 17.2 Å². The largest absolute Gasteiger partial charge is 0.454 e. The van der Waals surface area contributed by atoms with Crippen LogP contribution in [0.4, 0.5) is 22.1 Å². The lowest BCUT2D eigenvalue weighted by Gasteiger charge is -2.25. The van der Waals surface area contributed by atoms with Gasteiger partial charge in [-0.2, -0.15) is 5.26 Å². The number of amides is 2. The molecule has 2 aromatic heterocycles. The highest BCUT2D eigenvalue weighted by Crippen LogP contribution is 2.26. The Kier molecular flexibility index (Phi) is 7.75. The fourth-order valence-corrected chi connectivity index (χ4v) is 3.59. The molecule has 34 heavy (non-hydrogen) atoms. The summed E-state index contributed by atoms with van der Waals surface area (Å²) in [5, 5.41) is 15.3. The molecule has 178 valence electrons. The van der Waals surface area contributed by atoms with Gasteiger partial charge < -0.3 is 24.3 Å². The molecule has 11 nitrogen and oxygen atoms in total. The smallest absolute Gasteiger partial charge is 0.328 e. The summed E-state index contributed by atoms with van der Waals surface area (Å²) in [4.78, 5) is 23.8. The van der Waals surface area contributed by atoms with E-state index in [1.54, 1.807) is 36.3 Å². The molecule has 2 N–H and O–H groups in total. The number of aromatic nitrogens is 2. The van der Waals surface area contributed by atoms with Gasteiger partial charge in [0.2, 0.25) is 0 Å². The Balaban J connectivity index is 1.55. The zero-order valence-electron chi connectivity index (χ0n) is 18.8. The third-order valence-electron chi connectivity index (χ3n) is 5.32. The van der Waals surface area contributed by atoms with Crippen molar-refractivity contribution >= 4 is 23.4 Å². The summed E-state index contributed by atoms with van der Waals surface area (Å²) in [6.45, 7) is 2.63. The molecule has 2 aliphatic heterocycles. The number of hydrogen-bond donors (Lipinski definition) is 2. The van der Waals surface area contributed by atoms with Crippen LogP contribution in [0.5, 0.6) is 0 Å². The molecule has 2 aliphatic rings. The fraction of sp³-hybridized carbons (Fsp3) is 0.391. The van der Waals surface area contributed by atoms with Gasteiger partial charge in [0.05, 0.1) is 24.5 Å². The molecule has 0 saturated carbocycles. The predicted molar refractivity (Wildman–Crippen MR) is 123 cm³/mol. The van der Waals surface area contributed by atoms with E-state index in [1.807, 2.05) is 0 Å². The summed E-state index contributed by atoms with van der Waals surface area (Å²) in [7, 11) is 1.60. The van der Waals surface area contributed by atoms with Crippen molar-refractivity contribution in [3.63, 3.8) is 0 Å². The van der Waals surface area contributed by atoms with Gasteiger partial charge in [-0.15, -0.1) is 0 Å². The summed E-state index contributed by atoms with van der Waals surface area (Å²) in [6, 6.07) is 8.64. The van der Waals surface area contributed by atoms with Gasteiger partial charge >= 0.3 is 6.03 Å². The van der Waals surface area contributed by atoms with Crippen molar-refractivity contribution in [1.82, 2.24) is 9.97 Å². The minimum Gasteiger partial charge on any atom is -0.454 e. The van der Waals surface area contributed by atoms with E-state index >= 15 is 0 Å². The summed E-state index contributed by atoms with van der Waals surface area (Å²) in [6.07, 6.45) is 4.52. The lowest BCUT2D eigenvalue weighted by atomic mass is 10.1. The van der Waals surface area contributed by atoms with Crippen molar-refractivity contribution < 1.29 is 23.7 Å². The number of urea groups is 1. The Bertz CT molecular complexity index is 1060. The van der Waals surface area contributed by atoms with Crippen LogP contribution in [-0.4, -0.2) is 56.0 Å². The van der Waals surface area contributed by atoms with Gasteiger partial charge in [0, 0.05) is 45.0 Å². The molecular weight excluding hydrogens is 440 g/mol. The highest BCUT2D eigenvalue weighted by Gasteiger charge is 2.26. The van der Waals surface area contributed by atoms with Crippen LogP contribution in [0.3, 0.4) is 0 Å². The van der Waals surface area contributed by atoms with Gasteiger partial charge in [-0.05, 0) is 18.6 Å². The van der Waals surface area contributed by atoms with Crippen molar-refractivity contribution in [2.24, 2.45) is 5.92 Å². The maximum Gasteiger partial charge on any atom is 0.328 e. The van der Waals surface area contributed by atoms with E-state index in [-0.39, 0.29) is 5.92 Å². The maximum absolute atomic E-state index is 13.4. The molecule has 4 heterocycles. The molecule has 0 bridgehead atoms. The van der Waals surface area contributed by atoms with Crippen molar-refractivity contribution in [2.45, 2.75) is 12.7 Å². The second-order valence-electron chi connectivity index (χ2n) is 7.71. The molecule has 2 amide bonds. The van der Waals surface area contributed by atoms with E-state index in [4.69, 9.17) is 18.9 Å². The van der Waals surface area contributed by atoms with E-state index in [9.17, 15) is 10.1 Å². The van der Waals surface area contributed by atoms with Crippen LogP contribution >= 0.6 is 0 Å². The second kappa shape index (κ2) is 11.3. The lowest BCUT2D eigenvalue weighted by molar-refractivity contribution is -0.0278. The molecule has 0 aromatic carbocycles. The monoisotopic (exact) mass is 466 g/mol. The van der Waals surface area contributed by atoms with Crippen LogP contribution in [0.15, 0.2) is 43.0 Å². The maximum atomic E-state index is 13.4. The first-order valence-electron chi connectivity index (χ1n) is 10.9. The Hall–Kier alpha value is -3.88. The van der Waals surface area contributed by atoms with Gasteiger partial charge in [0.1, 0.15) is 35.9 Å². The molecule has 0 spiro atoms. The number of rotatable bonds is 9. The predicted octanol–water partition coefficient (Wildman–Crippen LogP) is 3.00. The van der Waals surface area contributed by atoms with Crippen molar-refractivity contribution in [3.05, 3.63) is 54.2 Å². The number of carbonyl (C=O) groups is 1. The van der Waals surface area contributed by atoms with Gasteiger partial charge in [-0.25, -0.2) is 14.8 Å². The lowest BCUT2D eigenvalue weighted by Crippen LogP contribution is -2.39. The standard InChI is InChI=1S/C23H26N6O5/c1-31-8-6-25-19-11-20(26-13-17(19)12-24)28-23(30)29(14-16-5-7-32-15-16)21-4-2-3-18(27-21)22-33-9-10-34-22/h2-4,9-11,13,16,22H,5-8,14-15H2,1H3,(H2,25,26,28,30)/t16-/m0/s1. The molecule has 4 rings (SSSR count). The zero-order valence-corrected chi connectivity index (χ0v) is 18.8.